The van der Waals surface area contributed by atoms with Crippen molar-refractivity contribution in [3.63, 3.8) is 0 Å². The third-order valence-corrected chi connectivity index (χ3v) is 4.02. The van der Waals surface area contributed by atoms with E-state index < -0.39 is 18.8 Å². The van der Waals surface area contributed by atoms with E-state index in [2.05, 4.69) is 0 Å². The average Bonchev–Trinajstić information content (AvgIpc) is 2.96. The summed E-state index contributed by atoms with van der Waals surface area (Å²) in [5, 5.41) is 12.0. The summed E-state index contributed by atoms with van der Waals surface area (Å²) >= 11 is 5.96. The Morgan fingerprint density at radius 1 is 1.19 bits per heavy atom. The zero-order valence-corrected chi connectivity index (χ0v) is 17.0. The molecule has 1 aromatic heterocycles. The Morgan fingerprint density at radius 2 is 1.93 bits per heavy atom. The number of carboxylic acid groups (broad SMARTS) is 1. The van der Waals surface area contributed by atoms with E-state index in [1.54, 1.807) is 29.0 Å². The van der Waals surface area contributed by atoms with Crippen molar-refractivity contribution in [2.75, 3.05) is 6.61 Å². The van der Waals surface area contributed by atoms with Crippen molar-refractivity contribution >= 4 is 28.5 Å². The minimum atomic E-state index is -4.46. The van der Waals surface area contributed by atoms with E-state index in [0.29, 0.717) is 21.5 Å². The number of aromatic nitrogens is 1. The van der Waals surface area contributed by atoms with Gasteiger partial charge in [-0.2, -0.15) is 13.2 Å². The first kappa shape index (κ1) is 21.6. The van der Waals surface area contributed by atoms with Gasteiger partial charge in [-0.15, -0.1) is 0 Å². The number of alkyl halides is 3. The summed E-state index contributed by atoms with van der Waals surface area (Å²) in [5.41, 5.74) is 1.09. The fourth-order valence-electron chi connectivity index (χ4n) is 2.69. The average molecular weight is 406 g/mol. The van der Waals surface area contributed by atoms with Crippen LogP contribution in [0.1, 0.15) is 15.9 Å². The van der Waals surface area contributed by atoms with Crippen LogP contribution in [-0.2, 0) is 6.54 Å². The molecule has 0 bridgehead atoms. The maximum absolute atomic E-state index is 12.4. The van der Waals surface area contributed by atoms with Crippen LogP contribution in [0.3, 0.4) is 0 Å². The first-order valence-electron chi connectivity index (χ1n) is 7.52. The Kier molecular flexibility index (Phi) is 6.86. The van der Waals surface area contributed by atoms with E-state index in [9.17, 15) is 23.1 Å². The number of benzene rings is 2. The van der Waals surface area contributed by atoms with E-state index in [-0.39, 0.29) is 47.4 Å². The quantitative estimate of drug-likeness (QED) is 0.586. The molecule has 0 spiro atoms. The van der Waals surface area contributed by atoms with Crippen LogP contribution in [0.4, 0.5) is 13.2 Å². The SMILES string of the molecule is O=C([O-])c1cccc2c1ccn2Cc1cc(Cl)ccc1OCC(F)(F)F.[Na+]. The van der Waals surface area contributed by atoms with Gasteiger partial charge in [-0.1, -0.05) is 23.7 Å². The van der Waals surface area contributed by atoms with Crippen LogP contribution >= 0.6 is 11.6 Å². The van der Waals surface area contributed by atoms with Gasteiger partial charge in [0.2, 0.25) is 0 Å². The van der Waals surface area contributed by atoms with Gasteiger partial charge in [-0.3, -0.25) is 0 Å². The number of halogens is 4. The summed E-state index contributed by atoms with van der Waals surface area (Å²) in [6.07, 6.45) is -2.81. The minimum Gasteiger partial charge on any atom is -0.545 e. The van der Waals surface area contributed by atoms with Crippen LogP contribution in [0, 0.1) is 0 Å². The predicted octanol–water partition coefficient (Wildman–Crippen LogP) is 0.652. The van der Waals surface area contributed by atoms with Crippen molar-refractivity contribution in [1.82, 2.24) is 4.57 Å². The standard InChI is InChI=1S/C18H13ClF3NO3.Na/c19-12-4-5-16(26-10-18(20,21)22)11(8-12)9-23-7-6-13-14(17(24)25)2-1-3-15(13)23;/h1-8H,9-10H2,(H,24,25);/q;+1/p-1. The van der Waals surface area contributed by atoms with Gasteiger partial charge in [0, 0.05) is 33.2 Å². The molecule has 0 aliphatic heterocycles. The number of carboxylic acids is 1. The van der Waals surface area contributed by atoms with Crippen LogP contribution in [0.15, 0.2) is 48.7 Å². The van der Waals surface area contributed by atoms with Crippen LogP contribution in [0.5, 0.6) is 5.75 Å². The second-order valence-corrected chi connectivity index (χ2v) is 6.06. The topological polar surface area (TPSA) is 54.3 Å². The van der Waals surface area contributed by atoms with Crippen LogP contribution in [0.2, 0.25) is 5.02 Å². The molecule has 0 unspecified atom stereocenters. The Labute approximate surface area is 179 Å². The first-order valence-corrected chi connectivity index (χ1v) is 7.89. The summed E-state index contributed by atoms with van der Waals surface area (Å²) < 4.78 is 43.9. The van der Waals surface area contributed by atoms with E-state index >= 15 is 0 Å². The Balaban J connectivity index is 0.00000261. The maximum atomic E-state index is 12.4. The molecule has 0 aliphatic rings. The van der Waals surface area contributed by atoms with Crippen LogP contribution in [0.25, 0.3) is 10.9 Å². The molecular weight excluding hydrogens is 394 g/mol. The first-order chi connectivity index (χ1) is 12.2. The normalized spacial score (nSPS) is 11.3. The number of ether oxygens (including phenoxy) is 1. The monoisotopic (exact) mass is 405 g/mol. The van der Waals surface area contributed by atoms with Gasteiger partial charge in [-0.05, 0) is 30.3 Å². The van der Waals surface area contributed by atoms with Gasteiger partial charge in [0.15, 0.2) is 6.61 Å². The van der Waals surface area contributed by atoms with Gasteiger partial charge in [-0.25, -0.2) is 0 Å². The fourth-order valence-corrected chi connectivity index (χ4v) is 2.89. The number of nitrogens with zero attached hydrogens (tertiary/aromatic N) is 1. The summed E-state index contributed by atoms with van der Waals surface area (Å²) in [4.78, 5) is 11.2. The molecular formula is C18H12ClF3NNaO3. The Morgan fingerprint density at radius 3 is 2.59 bits per heavy atom. The van der Waals surface area contributed by atoms with Gasteiger partial charge < -0.3 is 19.2 Å². The predicted molar refractivity (Wildman–Crippen MR) is 88.4 cm³/mol. The second kappa shape index (κ2) is 8.56. The van der Waals surface area contributed by atoms with Crippen molar-refractivity contribution in [3.8, 4) is 5.75 Å². The molecule has 9 heteroatoms. The van der Waals surface area contributed by atoms with Crippen molar-refractivity contribution in [3.05, 3.63) is 64.8 Å². The van der Waals surface area contributed by atoms with Gasteiger partial charge in [0.05, 0.1) is 12.5 Å². The number of rotatable bonds is 5. The summed E-state index contributed by atoms with van der Waals surface area (Å²) in [5.74, 6) is -1.24. The summed E-state index contributed by atoms with van der Waals surface area (Å²) in [6, 6.07) is 10.7. The van der Waals surface area contributed by atoms with Crippen molar-refractivity contribution in [1.29, 1.82) is 0 Å². The minimum absolute atomic E-state index is 0. The third kappa shape index (κ3) is 5.19. The number of hydrogen-bond donors (Lipinski definition) is 0. The third-order valence-electron chi connectivity index (χ3n) is 3.79. The molecule has 0 atom stereocenters. The summed E-state index contributed by atoms with van der Waals surface area (Å²) in [6.45, 7) is -1.25. The zero-order chi connectivity index (χ0) is 18.9. The van der Waals surface area contributed by atoms with Gasteiger partial charge in [0.25, 0.3) is 0 Å². The van der Waals surface area contributed by atoms with E-state index in [1.165, 1.54) is 24.3 Å². The molecule has 0 N–H and O–H groups in total. The number of carbonyl (C=O) groups excluding carboxylic acids is 1. The molecule has 0 fully saturated rings. The number of aromatic carboxylic acids is 1. The molecule has 2 aromatic carbocycles. The van der Waals surface area contributed by atoms with Gasteiger partial charge >= 0.3 is 35.7 Å². The van der Waals surface area contributed by atoms with Crippen molar-refractivity contribution in [2.24, 2.45) is 0 Å². The number of carbonyl (C=O) groups is 1. The molecule has 1 heterocycles. The molecule has 3 rings (SSSR count). The van der Waals surface area contributed by atoms with E-state index in [4.69, 9.17) is 16.3 Å². The fraction of sp³-hybridized carbons (Fsp3) is 0.167. The smallest absolute Gasteiger partial charge is 0.545 e. The molecule has 0 saturated carbocycles. The molecule has 0 saturated heterocycles. The zero-order valence-electron chi connectivity index (χ0n) is 14.2. The van der Waals surface area contributed by atoms with Gasteiger partial charge in [0.1, 0.15) is 5.75 Å². The molecule has 0 aliphatic carbocycles. The summed E-state index contributed by atoms with van der Waals surface area (Å²) in [7, 11) is 0. The van der Waals surface area contributed by atoms with E-state index in [1.807, 2.05) is 0 Å². The molecule has 27 heavy (non-hydrogen) atoms. The molecule has 0 amide bonds. The molecule has 3 aromatic rings. The van der Waals surface area contributed by atoms with E-state index in [0.717, 1.165) is 0 Å². The maximum Gasteiger partial charge on any atom is 1.00 e. The second-order valence-electron chi connectivity index (χ2n) is 5.63. The van der Waals surface area contributed by atoms with Crippen LogP contribution < -0.4 is 39.4 Å². The number of hydrogen-bond acceptors (Lipinski definition) is 3. The largest absolute Gasteiger partial charge is 1.00 e. The van der Waals surface area contributed by atoms with Crippen molar-refractivity contribution < 1.29 is 57.4 Å². The molecule has 4 nitrogen and oxygen atoms in total. The molecule has 0 radical (unpaired) electrons. The Hall–Kier alpha value is -1.67. The Bertz CT molecular complexity index is 972. The van der Waals surface area contributed by atoms with Crippen LogP contribution in [-0.4, -0.2) is 23.3 Å². The molecule has 136 valence electrons. The number of fused-ring (bicyclic) bond motifs is 1. The van der Waals surface area contributed by atoms with Crippen molar-refractivity contribution in [2.45, 2.75) is 12.7 Å².